The van der Waals surface area contributed by atoms with Gasteiger partial charge in [-0.25, -0.2) is 0 Å². The normalized spacial score (nSPS) is 11.3. The Bertz CT molecular complexity index is 2950. The van der Waals surface area contributed by atoms with E-state index in [4.69, 9.17) is 0 Å². The van der Waals surface area contributed by atoms with E-state index in [1.54, 1.807) is 0 Å². The molecule has 0 heterocycles. The topological polar surface area (TPSA) is 3.24 Å². The number of nitrogens with zero attached hydrogens (tertiary/aromatic N) is 1. The van der Waals surface area contributed by atoms with E-state index in [0.29, 0.717) is 0 Å². The first-order valence-electron chi connectivity index (χ1n) is 18.9. The predicted octanol–water partition coefficient (Wildman–Crippen LogP) is 15.3. The minimum Gasteiger partial charge on any atom is -0.311 e. The van der Waals surface area contributed by atoms with Gasteiger partial charge in [0.2, 0.25) is 0 Å². The summed E-state index contributed by atoms with van der Waals surface area (Å²) in [5.41, 5.74) is 13.1. The molecule has 258 valence electrons. The van der Waals surface area contributed by atoms with E-state index in [1.807, 2.05) is 0 Å². The van der Waals surface area contributed by atoms with Crippen LogP contribution in [0.3, 0.4) is 0 Å². The molecule has 0 radical (unpaired) electrons. The second kappa shape index (κ2) is 14.0. The van der Waals surface area contributed by atoms with Crippen molar-refractivity contribution in [2.75, 3.05) is 4.90 Å². The minimum absolute atomic E-state index is 1.10. The molecule has 1 nitrogen and oxygen atoms in total. The fraction of sp³-hybridized carbons (Fsp3) is 0. The number of anilines is 3. The number of hydrogen-bond donors (Lipinski definition) is 0. The number of rotatable bonds is 7. The van der Waals surface area contributed by atoms with E-state index in [2.05, 4.69) is 229 Å². The average Bonchev–Trinajstić information content (AvgIpc) is 3.27. The Morgan fingerprint density at radius 1 is 0.218 bits per heavy atom. The Hall–Kier alpha value is -7.22. The number of hydrogen-bond acceptors (Lipinski definition) is 1. The second-order valence-electron chi connectivity index (χ2n) is 14.1. The van der Waals surface area contributed by atoms with Crippen molar-refractivity contribution in [3.63, 3.8) is 0 Å². The summed E-state index contributed by atoms with van der Waals surface area (Å²) in [6, 6.07) is 81.3. The molecule has 55 heavy (non-hydrogen) atoms. The third-order valence-electron chi connectivity index (χ3n) is 10.9. The lowest BCUT2D eigenvalue weighted by atomic mass is 9.86. The molecule has 0 bridgehead atoms. The van der Waals surface area contributed by atoms with Crippen molar-refractivity contribution in [2.24, 2.45) is 0 Å². The van der Waals surface area contributed by atoms with Gasteiger partial charge in [0.05, 0.1) is 0 Å². The van der Waals surface area contributed by atoms with Gasteiger partial charge < -0.3 is 4.90 Å². The van der Waals surface area contributed by atoms with Crippen molar-refractivity contribution in [2.45, 2.75) is 0 Å². The van der Waals surface area contributed by atoms with Crippen molar-refractivity contribution >= 4 is 49.4 Å². The predicted molar refractivity (Wildman–Crippen MR) is 235 cm³/mol. The summed E-state index contributed by atoms with van der Waals surface area (Å²) < 4.78 is 0. The second-order valence-corrected chi connectivity index (χ2v) is 14.1. The van der Waals surface area contributed by atoms with Gasteiger partial charge in [-0.1, -0.05) is 182 Å². The highest BCUT2D eigenvalue weighted by atomic mass is 15.1. The van der Waals surface area contributed by atoms with E-state index in [1.165, 1.54) is 76.8 Å². The molecule has 0 fully saturated rings. The highest BCUT2D eigenvalue weighted by Gasteiger charge is 2.17. The highest BCUT2D eigenvalue weighted by Crippen LogP contribution is 2.43. The van der Waals surface area contributed by atoms with Gasteiger partial charge in [-0.05, 0) is 119 Å². The van der Waals surface area contributed by atoms with Crippen LogP contribution >= 0.6 is 0 Å². The van der Waals surface area contributed by atoms with Gasteiger partial charge in [0.15, 0.2) is 0 Å². The first kappa shape index (κ1) is 32.4. The summed E-state index contributed by atoms with van der Waals surface area (Å²) in [5, 5.41) is 7.59. The molecule has 0 saturated heterocycles. The summed E-state index contributed by atoms with van der Waals surface area (Å²) in [6.45, 7) is 0. The van der Waals surface area contributed by atoms with E-state index in [9.17, 15) is 0 Å². The van der Waals surface area contributed by atoms with Crippen molar-refractivity contribution in [3.8, 4) is 44.5 Å². The van der Waals surface area contributed by atoms with Crippen LogP contribution in [-0.4, -0.2) is 0 Å². The molecule has 0 aliphatic heterocycles. The van der Waals surface area contributed by atoms with Gasteiger partial charge in [0.1, 0.15) is 0 Å². The molecule has 10 rings (SSSR count). The maximum Gasteiger partial charge on any atom is 0.0462 e. The molecule has 0 N–H and O–H groups in total. The molecule has 0 atom stereocenters. The van der Waals surface area contributed by atoms with Crippen molar-refractivity contribution in [3.05, 3.63) is 224 Å². The van der Waals surface area contributed by atoms with Gasteiger partial charge in [-0.3, -0.25) is 0 Å². The number of fused-ring (bicyclic) bond motifs is 4. The number of para-hydroxylation sites is 1. The fourth-order valence-corrected chi connectivity index (χ4v) is 8.28. The van der Waals surface area contributed by atoms with Crippen LogP contribution in [0.2, 0.25) is 0 Å². The molecule has 0 saturated carbocycles. The van der Waals surface area contributed by atoms with Crippen LogP contribution < -0.4 is 4.90 Å². The van der Waals surface area contributed by atoms with Crippen LogP contribution in [0, 0.1) is 0 Å². The van der Waals surface area contributed by atoms with Crippen LogP contribution in [-0.2, 0) is 0 Å². The Kier molecular flexibility index (Phi) is 8.24. The molecule has 0 aromatic heterocycles. The van der Waals surface area contributed by atoms with Crippen molar-refractivity contribution in [1.82, 2.24) is 0 Å². The quantitative estimate of drug-likeness (QED) is 0.150. The molecule has 10 aromatic carbocycles. The standard InChI is InChI=1S/C54H37N/c1-2-18-42(19-3-1)55(43-33-29-39(30-34-43)46-28-14-17-38-15-4-6-20-45(38)46)44-35-31-40(32-36-44)47-21-8-9-23-49(47)51-25-11-13-27-53(51)54-37-41-16-5-7-22-48(41)50-24-10-12-26-52(50)54/h1-37H. The lowest BCUT2D eigenvalue weighted by Crippen LogP contribution is -2.09. The summed E-state index contributed by atoms with van der Waals surface area (Å²) in [7, 11) is 0. The molecule has 0 amide bonds. The molecule has 1 heteroatoms. The van der Waals surface area contributed by atoms with E-state index in [-0.39, 0.29) is 0 Å². The summed E-state index contributed by atoms with van der Waals surface area (Å²) in [6.07, 6.45) is 0. The average molecular weight is 700 g/mol. The maximum atomic E-state index is 2.36. The smallest absolute Gasteiger partial charge is 0.0462 e. The van der Waals surface area contributed by atoms with Crippen LogP contribution in [0.15, 0.2) is 224 Å². The minimum atomic E-state index is 1.10. The van der Waals surface area contributed by atoms with Gasteiger partial charge in [0, 0.05) is 17.1 Å². The largest absolute Gasteiger partial charge is 0.311 e. The Morgan fingerprint density at radius 3 is 1.31 bits per heavy atom. The maximum absolute atomic E-state index is 2.36. The summed E-state index contributed by atoms with van der Waals surface area (Å²) in [4.78, 5) is 2.34. The Balaban J connectivity index is 1.04. The van der Waals surface area contributed by atoms with Crippen molar-refractivity contribution < 1.29 is 0 Å². The van der Waals surface area contributed by atoms with Crippen molar-refractivity contribution in [1.29, 1.82) is 0 Å². The zero-order valence-electron chi connectivity index (χ0n) is 30.3. The van der Waals surface area contributed by atoms with E-state index in [0.717, 1.165) is 17.1 Å². The third-order valence-corrected chi connectivity index (χ3v) is 10.9. The summed E-state index contributed by atoms with van der Waals surface area (Å²) in [5.74, 6) is 0. The Morgan fingerprint density at radius 2 is 0.636 bits per heavy atom. The van der Waals surface area contributed by atoms with Gasteiger partial charge in [-0.2, -0.15) is 0 Å². The van der Waals surface area contributed by atoms with Crippen LogP contribution in [0.25, 0.3) is 76.8 Å². The van der Waals surface area contributed by atoms with E-state index >= 15 is 0 Å². The first-order chi connectivity index (χ1) is 27.3. The van der Waals surface area contributed by atoms with Crippen LogP contribution in [0.5, 0.6) is 0 Å². The molecular formula is C54H37N. The van der Waals surface area contributed by atoms with Gasteiger partial charge in [0.25, 0.3) is 0 Å². The van der Waals surface area contributed by atoms with Crippen LogP contribution in [0.4, 0.5) is 17.1 Å². The van der Waals surface area contributed by atoms with Crippen LogP contribution in [0.1, 0.15) is 0 Å². The lowest BCUT2D eigenvalue weighted by Gasteiger charge is -2.26. The summed E-state index contributed by atoms with van der Waals surface area (Å²) >= 11 is 0. The third kappa shape index (κ3) is 5.93. The molecule has 10 aromatic rings. The lowest BCUT2D eigenvalue weighted by molar-refractivity contribution is 1.28. The Labute approximate surface area is 322 Å². The molecular weight excluding hydrogens is 663 g/mol. The molecule has 0 unspecified atom stereocenters. The SMILES string of the molecule is c1ccc(N(c2ccc(-c3ccccc3-c3ccccc3-c3cc4ccccc4c4ccccc34)cc2)c2ccc(-c3cccc4ccccc34)cc2)cc1. The molecule has 0 aliphatic carbocycles. The number of benzene rings is 10. The fourth-order valence-electron chi connectivity index (χ4n) is 8.28. The monoisotopic (exact) mass is 699 g/mol. The van der Waals surface area contributed by atoms with E-state index < -0.39 is 0 Å². The highest BCUT2D eigenvalue weighted by molar-refractivity contribution is 6.15. The van der Waals surface area contributed by atoms with Gasteiger partial charge >= 0.3 is 0 Å². The van der Waals surface area contributed by atoms with Gasteiger partial charge in [-0.15, -0.1) is 0 Å². The first-order valence-corrected chi connectivity index (χ1v) is 18.9. The molecule has 0 spiro atoms. The zero-order chi connectivity index (χ0) is 36.6. The zero-order valence-corrected chi connectivity index (χ0v) is 30.3. The molecule has 0 aliphatic rings.